The fourth-order valence-corrected chi connectivity index (χ4v) is 3.81. The highest BCUT2D eigenvalue weighted by Crippen LogP contribution is 2.26. The molecule has 2 heterocycles. The van der Waals surface area contributed by atoms with Gasteiger partial charge in [-0.15, -0.1) is 11.3 Å². The molecule has 20 heavy (non-hydrogen) atoms. The summed E-state index contributed by atoms with van der Waals surface area (Å²) in [4.78, 5) is 3.62. The number of halogens is 1. The minimum Gasteiger partial charge on any atom is -0.370 e. The maximum Gasteiger partial charge on any atom is 0.125 e. The maximum atomic E-state index is 13.4. The van der Waals surface area contributed by atoms with Crippen molar-refractivity contribution in [3.8, 4) is 0 Å². The lowest BCUT2D eigenvalue weighted by Crippen LogP contribution is -2.47. The first kappa shape index (κ1) is 13.6. The molecule has 0 saturated carbocycles. The van der Waals surface area contributed by atoms with Crippen LogP contribution in [0.4, 0.5) is 10.1 Å². The largest absolute Gasteiger partial charge is 0.370 e. The molecule has 1 saturated heterocycles. The van der Waals surface area contributed by atoms with Crippen LogP contribution in [0.1, 0.15) is 11.3 Å². The highest BCUT2D eigenvalue weighted by molar-refractivity contribution is 7.09. The fourth-order valence-electron chi connectivity index (χ4n) is 2.99. The van der Waals surface area contributed by atoms with Gasteiger partial charge >= 0.3 is 0 Å². The molecule has 2 nitrogen and oxygen atoms in total. The van der Waals surface area contributed by atoms with Gasteiger partial charge in [-0.3, -0.25) is 0 Å². The van der Waals surface area contributed by atoms with Gasteiger partial charge in [0, 0.05) is 29.7 Å². The first-order chi connectivity index (χ1) is 9.70. The molecular weight excluding hydrogens is 271 g/mol. The van der Waals surface area contributed by atoms with Crippen molar-refractivity contribution in [2.45, 2.75) is 18.9 Å². The molecule has 1 aromatic heterocycles. The lowest BCUT2D eigenvalue weighted by molar-refractivity contribution is 0.376. The summed E-state index contributed by atoms with van der Waals surface area (Å²) in [5.74, 6) is 0.358. The van der Waals surface area contributed by atoms with Crippen LogP contribution in [0.3, 0.4) is 0 Å². The molecule has 0 radical (unpaired) electrons. The highest BCUT2D eigenvalue weighted by atomic mass is 32.1. The minimum absolute atomic E-state index is 0.164. The van der Waals surface area contributed by atoms with Crippen molar-refractivity contribution in [2.24, 2.45) is 11.7 Å². The third kappa shape index (κ3) is 3.19. The number of rotatable bonds is 3. The van der Waals surface area contributed by atoms with Crippen LogP contribution in [0.15, 0.2) is 41.8 Å². The number of hydrogen-bond acceptors (Lipinski definition) is 3. The monoisotopic (exact) mass is 290 g/mol. The molecule has 0 spiro atoms. The van der Waals surface area contributed by atoms with Crippen molar-refractivity contribution < 1.29 is 4.39 Å². The van der Waals surface area contributed by atoms with Gasteiger partial charge in [0.05, 0.1) is 0 Å². The Kier molecular flexibility index (Phi) is 4.03. The Morgan fingerprint density at radius 2 is 2.15 bits per heavy atom. The van der Waals surface area contributed by atoms with Crippen molar-refractivity contribution >= 4 is 17.0 Å². The molecule has 2 unspecified atom stereocenters. The van der Waals surface area contributed by atoms with Crippen molar-refractivity contribution in [3.63, 3.8) is 0 Å². The normalized spacial score (nSPS) is 23.0. The van der Waals surface area contributed by atoms with E-state index < -0.39 is 0 Å². The van der Waals surface area contributed by atoms with E-state index in [1.54, 1.807) is 23.5 Å². The van der Waals surface area contributed by atoms with Gasteiger partial charge in [0.15, 0.2) is 0 Å². The number of nitrogens with two attached hydrogens (primary N) is 1. The summed E-state index contributed by atoms with van der Waals surface area (Å²) in [5.41, 5.74) is 7.13. The van der Waals surface area contributed by atoms with Crippen LogP contribution >= 0.6 is 11.3 Å². The van der Waals surface area contributed by atoms with Crippen LogP contribution in [-0.4, -0.2) is 19.1 Å². The second kappa shape index (κ2) is 5.94. The van der Waals surface area contributed by atoms with Gasteiger partial charge in [0.2, 0.25) is 0 Å². The van der Waals surface area contributed by atoms with E-state index in [0.29, 0.717) is 5.92 Å². The second-order valence-electron chi connectivity index (χ2n) is 5.53. The Morgan fingerprint density at radius 1 is 1.25 bits per heavy atom. The van der Waals surface area contributed by atoms with Crippen molar-refractivity contribution in [1.82, 2.24) is 0 Å². The standard InChI is InChI=1S/C16H19FN2S/c17-13-3-1-4-15(9-13)19-10-12(7-14(18)11-19)8-16-5-2-6-20-16/h1-6,9,12,14H,7-8,10-11,18H2. The van der Waals surface area contributed by atoms with Crippen LogP contribution in [0.5, 0.6) is 0 Å². The Labute approximate surface area is 123 Å². The Hall–Kier alpha value is -1.39. The summed E-state index contributed by atoms with van der Waals surface area (Å²) in [7, 11) is 0. The predicted molar refractivity (Wildman–Crippen MR) is 82.7 cm³/mol. The van der Waals surface area contributed by atoms with Crippen LogP contribution < -0.4 is 10.6 Å². The summed E-state index contributed by atoms with van der Waals surface area (Å²) >= 11 is 1.80. The van der Waals surface area contributed by atoms with E-state index in [2.05, 4.69) is 22.4 Å². The SMILES string of the molecule is NC1CC(Cc2cccs2)CN(c2cccc(F)c2)C1. The average Bonchev–Trinajstić information content (AvgIpc) is 2.91. The molecule has 2 N–H and O–H groups in total. The molecule has 0 aliphatic carbocycles. The molecule has 0 amide bonds. The van der Waals surface area contributed by atoms with E-state index in [4.69, 9.17) is 5.73 Å². The van der Waals surface area contributed by atoms with E-state index in [-0.39, 0.29) is 11.9 Å². The quantitative estimate of drug-likeness (QED) is 0.940. The number of hydrogen-bond donors (Lipinski definition) is 1. The van der Waals surface area contributed by atoms with Crippen molar-refractivity contribution in [1.29, 1.82) is 0 Å². The van der Waals surface area contributed by atoms with E-state index in [1.807, 2.05) is 6.07 Å². The zero-order chi connectivity index (χ0) is 13.9. The molecule has 1 fully saturated rings. The number of piperidine rings is 1. The van der Waals surface area contributed by atoms with Crippen LogP contribution in [0.2, 0.25) is 0 Å². The summed E-state index contributed by atoms with van der Waals surface area (Å²) in [6.45, 7) is 1.76. The van der Waals surface area contributed by atoms with E-state index in [9.17, 15) is 4.39 Å². The van der Waals surface area contributed by atoms with Gasteiger partial charge in [-0.05, 0) is 48.4 Å². The van der Waals surface area contributed by atoms with Gasteiger partial charge in [-0.2, -0.15) is 0 Å². The van der Waals surface area contributed by atoms with Crippen molar-refractivity contribution in [3.05, 3.63) is 52.5 Å². The third-order valence-electron chi connectivity index (χ3n) is 3.81. The Bertz CT molecular complexity index is 555. The molecule has 0 bridgehead atoms. The van der Waals surface area contributed by atoms with Gasteiger partial charge in [0.25, 0.3) is 0 Å². The Morgan fingerprint density at radius 3 is 2.90 bits per heavy atom. The summed E-state index contributed by atoms with van der Waals surface area (Å²) in [6.07, 6.45) is 2.11. The maximum absolute atomic E-state index is 13.4. The van der Waals surface area contributed by atoms with Crippen LogP contribution in [-0.2, 0) is 6.42 Å². The molecule has 1 aliphatic rings. The van der Waals surface area contributed by atoms with Gasteiger partial charge in [-0.25, -0.2) is 4.39 Å². The number of benzene rings is 1. The molecule has 1 aliphatic heterocycles. The minimum atomic E-state index is -0.184. The number of nitrogens with zero attached hydrogens (tertiary/aromatic N) is 1. The topological polar surface area (TPSA) is 29.3 Å². The third-order valence-corrected chi connectivity index (χ3v) is 4.71. The van der Waals surface area contributed by atoms with E-state index in [0.717, 1.165) is 31.6 Å². The number of anilines is 1. The molecule has 4 heteroatoms. The summed E-state index contributed by atoms with van der Waals surface area (Å²) in [5, 5.41) is 2.11. The summed E-state index contributed by atoms with van der Waals surface area (Å²) in [6, 6.07) is 11.2. The first-order valence-electron chi connectivity index (χ1n) is 6.99. The van der Waals surface area contributed by atoms with Crippen LogP contribution in [0, 0.1) is 11.7 Å². The average molecular weight is 290 g/mol. The Balaban J connectivity index is 1.72. The summed E-state index contributed by atoms with van der Waals surface area (Å²) < 4.78 is 13.4. The molecule has 106 valence electrons. The zero-order valence-electron chi connectivity index (χ0n) is 11.3. The van der Waals surface area contributed by atoms with Gasteiger partial charge in [-0.1, -0.05) is 12.1 Å². The lowest BCUT2D eigenvalue weighted by Gasteiger charge is -2.37. The second-order valence-corrected chi connectivity index (χ2v) is 6.56. The van der Waals surface area contributed by atoms with E-state index >= 15 is 0 Å². The fraction of sp³-hybridized carbons (Fsp3) is 0.375. The van der Waals surface area contributed by atoms with Gasteiger partial charge in [0.1, 0.15) is 5.82 Å². The smallest absolute Gasteiger partial charge is 0.125 e. The van der Waals surface area contributed by atoms with Gasteiger partial charge < -0.3 is 10.6 Å². The molecular formula is C16H19FN2S. The lowest BCUT2D eigenvalue weighted by atomic mass is 9.91. The number of thiophene rings is 1. The molecule has 3 rings (SSSR count). The predicted octanol–water partition coefficient (Wildman–Crippen LogP) is 3.28. The molecule has 2 aromatic rings. The zero-order valence-corrected chi connectivity index (χ0v) is 12.2. The molecule has 1 aromatic carbocycles. The molecule has 2 atom stereocenters. The first-order valence-corrected chi connectivity index (χ1v) is 7.87. The highest BCUT2D eigenvalue weighted by Gasteiger charge is 2.25. The van der Waals surface area contributed by atoms with E-state index in [1.165, 1.54) is 10.9 Å². The van der Waals surface area contributed by atoms with Crippen LogP contribution in [0.25, 0.3) is 0 Å². The van der Waals surface area contributed by atoms with Crippen molar-refractivity contribution in [2.75, 3.05) is 18.0 Å².